The molecule has 2 fully saturated rings. The van der Waals surface area contributed by atoms with Crippen LogP contribution in [0.2, 0.25) is 0 Å². The van der Waals surface area contributed by atoms with E-state index in [-0.39, 0.29) is 17.2 Å². The summed E-state index contributed by atoms with van der Waals surface area (Å²) >= 11 is 0. The molecule has 2 amide bonds. The fourth-order valence-electron chi connectivity index (χ4n) is 4.51. The molecule has 1 spiro atoms. The van der Waals surface area contributed by atoms with Crippen LogP contribution in [0.15, 0.2) is 48.5 Å². The van der Waals surface area contributed by atoms with Crippen molar-refractivity contribution in [3.63, 3.8) is 0 Å². The number of piperidine rings is 1. The molecule has 0 aliphatic carbocycles. The molecule has 2 heterocycles. The second-order valence-corrected chi connectivity index (χ2v) is 7.90. The van der Waals surface area contributed by atoms with Crippen LogP contribution in [0.3, 0.4) is 0 Å². The summed E-state index contributed by atoms with van der Waals surface area (Å²) in [7, 11) is 3.51. The summed E-state index contributed by atoms with van der Waals surface area (Å²) in [6, 6.07) is 15.5. The van der Waals surface area contributed by atoms with Crippen molar-refractivity contribution in [2.24, 2.45) is 5.41 Å². The fourth-order valence-corrected chi connectivity index (χ4v) is 4.51. The SMILES string of the molecule is COc1cccc(-c2cccc(C(=O)N3CC[C@]4(CCCN(C)C4=O)C3)c2)c1. The Morgan fingerprint density at radius 2 is 1.79 bits per heavy atom. The number of benzene rings is 2. The molecule has 2 aliphatic heterocycles. The highest BCUT2D eigenvalue weighted by molar-refractivity contribution is 5.96. The molecule has 0 radical (unpaired) electrons. The number of carbonyl (C=O) groups excluding carboxylic acids is 2. The Kier molecular flexibility index (Phi) is 4.84. The van der Waals surface area contributed by atoms with Crippen LogP contribution in [0.4, 0.5) is 0 Å². The van der Waals surface area contributed by atoms with E-state index in [1.54, 1.807) is 7.11 Å². The van der Waals surface area contributed by atoms with E-state index < -0.39 is 0 Å². The minimum absolute atomic E-state index is 0.00245. The third-order valence-electron chi connectivity index (χ3n) is 6.10. The van der Waals surface area contributed by atoms with Gasteiger partial charge in [0.1, 0.15) is 5.75 Å². The van der Waals surface area contributed by atoms with Gasteiger partial charge in [-0.1, -0.05) is 24.3 Å². The quantitative estimate of drug-likeness (QED) is 0.822. The van der Waals surface area contributed by atoms with Crippen molar-refractivity contribution in [1.82, 2.24) is 9.80 Å². The lowest BCUT2D eigenvalue weighted by Crippen LogP contribution is -2.48. The molecule has 0 bridgehead atoms. The maximum atomic E-state index is 13.1. The lowest BCUT2D eigenvalue weighted by Gasteiger charge is -2.37. The zero-order valence-electron chi connectivity index (χ0n) is 16.5. The summed E-state index contributed by atoms with van der Waals surface area (Å²) in [5.74, 6) is 0.984. The zero-order valence-corrected chi connectivity index (χ0v) is 16.5. The first-order chi connectivity index (χ1) is 13.5. The van der Waals surface area contributed by atoms with Gasteiger partial charge in [0.15, 0.2) is 0 Å². The molecule has 146 valence electrons. The van der Waals surface area contributed by atoms with Crippen molar-refractivity contribution < 1.29 is 14.3 Å². The average Bonchev–Trinajstić information content (AvgIpc) is 3.16. The lowest BCUT2D eigenvalue weighted by molar-refractivity contribution is -0.143. The van der Waals surface area contributed by atoms with Crippen molar-refractivity contribution in [3.8, 4) is 16.9 Å². The van der Waals surface area contributed by atoms with Crippen LogP contribution in [0.1, 0.15) is 29.6 Å². The maximum Gasteiger partial charge on any atom is 0.253 e. The molecule has 0 unspecified atom stereocenters. The topological polar surface area (TPSA) is 49.9 Å². The summed E-state index contributed by atoms with van der Waals surface area (Å²) in [4.78, 5) is 29.5. The van der Waals surface area contributed by atoms with Crippen molar-refractivity contribution in [1.29, 1.82) is 0 Å². The Morgan fingerprint density at radius 1 is 1.04 bits per heavy atom. The summed E-state index contributed by atoms with van der Waals surface area (Å²) < 4.78 is 5.31. The van der Waals surface area contributed by atoms with Crippen LogP contribution in [0.25, 0.3) is 11.1 Å². The number of carbonyl (C=O) groups is 2. The van der Waals surface area contributed by atoms with E-state index in [2.05, 4.69) is 0 Å². The van der Waals surface area contributed by atoms with E-state index in [1.165, 1.54) is 0 Å². The van der Waals surface area contributed by atoms with Crippen LogP contribution in [0, 0.1) is 5.41 Å². The van der Waals surface area contributed by atoms with Crippen molar-refractivity contribution in [2.45, 2.75) is 19.3 Å². The van der Waals surface area contributed by atoms with E-state index in [0.717, 1.165) is 42.7 Å². The van der Waals surface area contributed by atoms with Gasteiger partial charge in [-0.05, 0) is 54.7 Å². The third kappa shape index (κ3) is 3.26. The Bertz CT molecular complexity index is 910. The van der Waals surface area contributed by atoms with Gasteiger partial charge in [0.2, 0.25) is 5.91 Å². The summed E-state index contributed by atoms with van der Waals surface area (Å²) in [5, 5.41) is 0. The number of nitrogens with zero attached hydrogens (tertiary/aromatic N) is 2. The van der Waals surface area contributed by atoms with Gasteiger partial charge >= 0.3 is 0 Å². The van der Waals surface area contributed by atoms with Gasteiger partial charge in [-0.2, -0.15) is 0 Å². The monoisotopic (exact) mass is 378 g/mol. The van der Waals surface area contributed by atoms with Crippen LogP contribution >= 0.6 is 0 Å². The molecule has 28 heavy (non-hydrogen) atoms. The molecular formula is C23H26N2O3. The van der Waals surface area contributed by atoms with E-state index in [0.29, 0.717) is 18.7 Å². The minimum atomic E-state index is -0.382. The van der Waals surface area contributed by atoms with E-state index in [9.17, 15) is 9.59 Å². The molecular weight excluding hydrogens is 352 g/mol. The number of hydrogen-bond donors (Lipinski definition) is 0. The number of ether oxygens (including phenoxy) is 1. The highest BCUT2D eigenvalue weighted by atomic mass is 16.5. The van der Waals surface area contributed by atoms with Gasteiger partial charge in [0.05, 0.1) is 12.5 Å². The van der Waals surface area contributed by atoms with Crippen LogP contribution in [-0.2, 0) is 4.79 Å². The molecule has 2 aromatic rings. The molecule has 2 saturated heterocycles. The van der Waals surface area contributed by atoms with E-state index >= 15 is 0 Å². The van der Waals surface area contributed by atoms with Gasteiger partial charge in [-0.25, -0.2) is 0 Å². The highest BCUT2D eigenvalue weighted by Gasteiger charge is 2.48. The molecule has 4 rings (SSSR count). The fraction of sp³-hybridized carbons (Fsp3) is 0.391. The summed E-state index contributed by atoms with van der Waals surface area (Å²) in [6.07, 6.45) is 2.65. The first-order valence-corrected chi connectivity index (χ1v) is 9.82. The largest absolute Gasteiger partial charge is 0.497 e. The van der Waals surface area contributed by atoms with Gasteiger partial charge in [-0.3, -0.25) is 9.59 Å². The number of amides is 2. The molecule has 0 saturated carbocycles. The average molecular weight is 378 g/mol. The van der Waals surface area contributed by atoms with Crippen LogP contribution in [-0.4, -0.2) is 55.4 Å². The Balaban J connectivity index is 1.55. The molecule has 5 heteroatoms. The highest BCUT2D eigenvalue weighted by Crippen LogP contribution is 2.40. The molecule has 0 aromatic heterocycles. The predicted molar refractivity (Wildman–Crippen MR) is 108 cm³/mol. The van der Waals surface area contributed by atoms with Crippen LogP contribution in [0.5, 0.6) is 5.75 Å². The zero-order chi connectivity index (χ0) is 19.7. The predicted octanol–water partition coefficient (Wildman–Crippen LogP) is 3.45. The number of rotatable bonds is 3. The van der Waals surface area contributed by atoms with Crippen molar-refractivity contribution in [2.75, 3.05) is 33.8 Å². The van der Waals surface area contributed by atoms with Crippen molar-refractivity contribution >= 4 is 11.8 Å². The summed E-state index contributed by atoms with van der Waals surface area (Å²) in [6.45, 7) is 1.98. The smallest absolute Gasteiger partial charge is 0.253 e. The van der Waals surface area contributed by atoms with Gasteiger partial charge in [0.25, 0.3) is 5.91 Å². The lowest BCUT2D eigenvalue weighted by atomic mass is 9.78. The molecule has 0 N–H and O–H groups in total. The first-order valence-electron chi connectivity index (χ1n) is 9.82. The third-order valence-corrected chi connectivity index (χ3v) is 6.10. The summed E-state index contributed by atoms with van der Waals surface area (Å²) in [5.41, 5.74) is 2.27. The molecule has 5 nitrogen and oxygen atoms in total. The Morgan fingerprint density at radius 3 is 2.57 bits per heavy atom. The van der Waals surface area contributed by atoms with Crippen molar-refractivity contribution in [3.05, 3.63) is 54.1 Å². The Hall–Kier alpha value is -2.82. The normalized spacial score (nSPS) is 22.0. The molecule has 1 atom stereocenters. The molecule has 2 aromatic carbocycles. The maximum absolute atomic E-state index is 13.1. The van der Waals surface area contributed by atoms with Crippen LogP contribution < -0.4 is 4.74 Å². The standard InChI is InChI=1S/C23H26N2O3/c1-24-12-5-10-23(22(24)27)11-13-25(16-23)21(26)19-8-3-6-17(14-19)18-7-4-9-20(15-18)28-2/h3-4,6-9,14-15H,5,10-13,16H2,1-2H3/t23-/m1/s1. The number of hydrogen-bond acceptors (Lipinski definition) is 3. The van der Waals surface area contributed by atoms with Gasteiger partial charge < -0.3 is 14.5 Å². The minimum Gasteiger partial charge on any atom is -0.497 e. The first kappa shape index (κ1) is 18.5. The second kappa shape index (κ2) is 7.30. The van der Waals surface area contributed by atoms with E-state index in [1.807, 2.05) is 65.4 Å². The van der Waals surface area contributed by atoms with Gasteiger partial charge in [-0.15, -0.1) is 0 Å². The number of methoxy groups -OCH3 is 1. The number of likely N-dealkylation sites (tertiary alicyclic amines) is 2. The van der Waals surface area contributed by atoms with Gasteiger partial charge in [0, 0.05) is 32.2 Å². The Labute approximate surface area is 165 Å². The molecule has 2 aliphatic rings. The second-order valence-electron chi connectivity index (χ2n) is 7.90. The van der Waals surface area contributed by atoms with E-state index in [4.69, 9.17) is 4.74 Å².